The molecule has 1 aromatic carbocycles. The number of anilines is 1. The van der Waals surface area contributed by atoms with Gasteiger partial charge in [-0.05, 0) is 30.5 Å². The van der Waals surface area contributed by atoms with E-state index in [-0.39, 0.29) is 17.7 Å². The first-order valence-electron chi connectivity index (χ1n) is 7.60. The number of thioether (sulfide) groups is 1. The Morgan fingerprint density at radius 1 is 1.36 bits per heavy atom. The van der Waals surface area contributed by atoms with Crippen molar-refractivity contribution in [3.8, 4) is 0 Å². The molecule has 3 rings (SSSR count). The monoisotopic (exact) mass is 319 g/mol. The zero-order chi connectivity index (χ0) is 15.5. The molecule has 2 aliphatic rings. The van der Waals surface area contributed by atoms with E-state index < -0.39 is 0 Å². The lowest BCUT2D eigenvalue weighted by Crippen LogP contribution is -2.49. The molecule has 0 spiro atoms. The van der Waals surface area contributed by atoms with Gasteiger partial charge < -0.3 is 15.5 Å². The molecule has 1 unspecified atom stereocenters. The third-order valence-electron chi connectivity index (χ3n) is 4.31. The standard InChI is InChI=1S/C16H21N3O2S/c1-22-14-4-2-13(3-5-14)19-10-12(6-15(19)20)16(21)18-9-11-7-17-8-11/h2-5,11-12,17H,6-10H2,1H3,(H,18,21). The molecule has 2 saturated heterocycles. The molecule has 2 amide bonds. The Balaban J connectivity index is 1.58. The summed E-state index contributed by atoms with van der Waals surface area (Å²) in [5.41, 5.74) is 0.876. The summed E-state index contributed by atoms with van der Waals surface area (Å²) in [5.74, 6) is 0.336. The van der Waals surface area contributed by atoms with Crippen molar-refractivity contribution in [3.05, 3.63) is 24.3 Å². The summed E-state index contributed by atoms with van der Waals surface area (Å²) in [4.78, 5) is 27.3. The lowest BCUT2D eigenvalue weighted by Gasteiger charge is -2.27. The summed E-state index contributed by atoms with van der Waals surface area (Å²) in [6.45, 7) is 3.13. The second-order valence-electron chi connectivity index (χ2n) is 5.87. The normalized spacial score (nSPS) is 21.8. The fourth-order valence-corrected chi connectivity index (χ4v) is 3.19. The van der Waals surface area contributed by atoms with Crippen LogP contribution in [0.2, 0.25) is 0 Å². The van der Waals surface area contributed by atoms with Crippen LogP contribution in [-0.2, 0) is 9.59 Å². The molecular weight excluding hydrogens is 298 g/mol. The highest BCUT2D eigenvalue weighted by Crippen LogP contribution is 2.27. The SMILES string of the molecule is CSc1ccc(N2CC(C(=O)NCC3CNC3)CC2=O)cc1. The Morgan fingerprint density at radius 3 is 2.68 bits per heavy atom. The molecule has 0 radical (unpaired) electrons. The number of hydrogen-bond acceptors (Lipinski definition) is 4. The second-order valence-corrected chi connectivity index (χ2v) is 6.75. The highest BCUT2D eigenvalue weighted by molar-refractivity contribution is 7.98. The lowest BCUT2D eigenvalue weighted by molar-refractivity contribution is -0.126. The molecule has 22 heavy (non-hydrogen) atoms. The summed E-state index contributed by atoms with van der Waals surface area (Å²) in [6.07, 6.45) is 2.33. The maximum atomic E-state index is 12.2. The summed E-state index contributed by atoms with van der Waals surface area (Å²) < 4.78 is 0. The van der Waals surface area contributed by atoms with Crippen LogP contribution in [0.15, 0.2) is 29.2 Å². The van der Waals surface area contributed by atoms with Crippen molar-refractivity contribution in [3.63, 3.8) is 0 Å². The van der Waals surface area contributed by atoms with Crippen LogP contribution in [0.1, 0.15) is 6.42 Å². The molecule has 2 N–H and O–H groups in total. The molecule has 2 aliphatic heterocycles. The Hall–Kier alpha value is -1.53. The second kappa shape index (κ2) is 6.71. The largest absolute Gasteiger partial charge is 0.355 e. The van der Waals surface area contributed by atoms with Gasteiger partial charge in [-0.25, -0.2) is 0 Å². The summed E-state index contributed by atoms with van der Waals surface area (Å²) in [5, 5.41) is 6.16. The number of amides is 2. The van der Waals surface area contributed by atoms with Gasteiger partial charge >= 0.3 is 0 Å². The Bertz CT molecular complexity index is 557. The van der Waals surface area contributed by atoms with Gasteiger partial charge in [-0.2, -0.15) is 0 Å². The van der Waals surface area contributed by atoms with Crippen LogP contribution >= 0.6 is 11.8 Å². The predicted octanol–water partition coefficient (Wildman–Crippen LogP) is 1.10. The molecule has 2 fully saturated rings. The molecule has 0 bridgehead atoms. The van der Waals surface area contributed by atoms with E-state index in [2.05, 4.69) is 10.6 Å². The van der Waals surface area contributed by atoms with Crippen molar-refractivity contribution in [2.24, 2.45) is 11.8 Å². The highest BCUT2D eigenvalue weighted by atomic mass is 32.2. The van der Waals surface area contributed by atoms with Crippen LogP contribution in [0.25, 0.3) is 0 Å². The van der Waals surface area contributed by atoms with Crippen LogP contribution in [0.5, 0.6) is 0 Å². The minimum Gasteiger partial charge on any atom is -0.355 e. The number of carbonyl (C=O) groups excluding carboxylic acids is 2. The van der Waals surface area contributed by atoms with Crippen molar-refractivity contribution in [2.75, 3.05) is 37.3 Å². The van der Waals surface area contributed by atoms with Crippen LogP contribution in [0, 0.1) is 11.8 Å². The smallest absolute Gasteiger partial charge is 0.227 e. The Labute approximate surface area is 134 Å². The first-order valence-corrected chi connectivity index (χ1v) is 8.82. The number of hydrogen-bond donors (Lipinski definition) is 2. The van der Waals surface area contributed by atoms with E-state index in [0.29, 0.717) is 25.4 Å². The highest BCUT2D eigenvalue weighted by Gasteiger charge is 2.35. The van der Waals surface area contributed by atoms with Gasteiger partial charge in [0.05, 0.1) is 5.92 Å². The van der Waals surface area contributed by atoms with Gasteiger partial charge in [0.25, 0.3) is 0 Å². The van der Waals surface area contributed by atoms with E-state index in [1.165, 1.54) is 4.90 Å². The molecule has 2 heterocycles. The van der Waals surface area contributed by atoms with E-state index in [0.717, 1.165) is 18.8 Å². The number of benzene rings is 1. The average Bonchev–Trinajstić information content (AvgIpc) is 2.88. The molecule has 118 valence electrons. The fraction of sp³-hybridized carbons (Fsp3) is 0.500. The van der Waals surface area contributed by atoms with Crippen molar-refractivity contribution >= 4 is 29.3 Å². The fourth-order valence-electron chi connectivity index (χ4n) is 2.78. The summed E-state index contributed by atoms with van der Waals surface area (Å²) in [6, 6.07) is 7.91. The zero-order valence-corrected chi connectivity index (χ0v) is 13.5. The quantitative estimate of drug-likeness (QED) is 0.798. The number of carbonyl (C=O) groups is 2. The minimum absolute atomic E-state index is 0.00323. The molecule has 6 heteroatoms. The Morgan fingerprint density at radius 2 is 2.09 bits per heavy atom. The van der Waals surface area contributed by atoms with Crippen LogP contribution < -0.4 is 15.5 Å². The topological polar surface area (TPSA) is 61.4 Å². The van der Waals surface area contributed by atoms with Gasteiger partial charge in [-0.1, -0.05) is 0 Å². The number of nitrogens with one attached hydrogen (secondary N) is 2. The van der Waals surface area contributed by atoms with E-state index in [9.17, 15) is 9.59 Å². The molecular formula is C16H21N3O2S. The first kappa shape index (κ1) is 15.4. The minimum atomic E-state index is -0.235. The third-order valence-corrected chi connectivity index (χ3v) is 5.05. The van der Waals surface area contributed by atoms with Gasteiger partial charge in [0.2, 0.25) is 11.8 Å². The molecule has 1 atom stereocenters. The molecule has 1 aromatic rings. The molecule has 0 aromatic heterocycles. The molecule has 5 nitrogen and oxygen atoms in total. The predicted molar refractivity (Wildman–Crippen MR) is 88.1 cm³/mol. The van der Waals surface area contributed by atoms with Crippen molar-refractivity contribution in [2.45, 2.75) is 11.3 Å². The van der Waals surface area contributed by atoms with Gasteiger partial charge in [-0.15, -0.1) is 11.8 Å². The lowest BCUT2D eigenvalue weighted by atomic mass is 10.0. The van der Waals surface area contributed by atoms with Gasteiger partial charge in [0, 0.05) is 49.1 Å². The maximum Gasteiger partial charge on any atom is 0.227 e. The third kappa shape index (κ3) is 3.28. The van der Waals surface area contributed by atoms with Gasteiger partial charge in [0.1, 0.15) is 0 Å². The van der Waals surface area contributed by atoms with E-state index in [1.807, 2.05) is 30.5 Å². The molecule has 0 aliphatic carbocycles. The zero-order valence-electron chi connectivity index (χ0n) is 12.7. The van der Waals surface area contributed by atoms with Crippen LogP contribution in [0.4, 0.5) is 5.69 Å². The van der Waals surface area contributed by atoms with Crippen molar-refractivity contribution in [1.29, 1.82) is 0 Å². The maximum absolute atomic E-state index is 12.2. The van der Waals surface area contributed by atoms with E-state index in [4.69, 9.17) is 0 Å². The van der Waals surface area contributed by atoms with E-state index in [1.54, 1.807) is 16.7 Å². The average molecular weight is 319 g/mol. The molecule has 0 saturated carbocycles. The van der Waals surface area contributed by atoms with Crippen molar-refractivity contribution in [1.82, 2.24) is 10.6 Å². The van der Waals surface area contributed by atoms with Gasteiger partial charge in [0.15, 0.2) is 0 Å². The van der Waals surface area contributed by atoms with Gasteiger partial charge in [-0.3, -0.25) is 9.59 Å². The summed E-state index contributed by atoms with van der Waals surface area (Å²) >= 11 is 1.67. The van der Waals surface area contributed by atoms with Crippen molar-refractivity contribution < 1.29 is 9.59 Å². The number of rotatable bonds is 5. The summed E-state index contributed by atoms with van der Waals surface area (Å²) in [7, 11) is 0. The Kier molecular flexibility index (Phi) is 4.69. The van der Waals surface area contributed by atoms with E-state index >= 15 is 0 Å². The number of nitrogens with zero attached hydrogens (tertiary/aromatic N) is 1. The van der Waals surface area contributed by atoms with Crippen LogP contribution in [-0.4, -0.2) is 44.2 Å². The van der Waals surface area contributed by atoms with Crippen LogP contribution in [0.3, 0.4) is 0 Å². The first-order chi connectivity index (χ1) is 10.7.